The standard InChI is InChI=1S/C23H29FN2O4/c1-4-28-11-12-29-22-8-6-5-7-19(22)23(27)25-18-9-10-21(20(24)13-18)26-14-16(2)30-17(3)15-26/h5-10,13,16-17H,4,11-12,14-15H2,1-3H3,(H,25,27). The van der Waals surface area contributed by atoms with Crippen molar-refractivity contribution in [3.05, 3.63) is 53.8 Å². The summed E-state index contributed by atoms with van der Waals surface area (Å²) in [5, 5.41) is 2.76. The summed E-state index contributed by atoms with van der Waals surface area (Å²) in [5.74, 6) is -0.277. The second-order valence-corrected chi connectivity index (χ2v) is 7.32. The topological polar surface area (TPSA) is 60.0 Å². The molecule has 1 aliphatic rings. The molecule has 1 fully saturated rings. The number of rotatable bonds is 8. The van der Waals surface area contributed by atoms with Gasteiger partial charge in [-0.3, -0.25) is 4.79 Å². The lowest BCUT2D eigenvalue weighted by Crippen LogP contribution is -2.45. The van der Waals surface area contributed by atoms with Crippen LogP contribution in [0, 0.1) is 5.82 Å². The van der Waals surface area contributed by atoms with Crippen molar-refractivity contribution in [3.63, 3.8) is 0 Å². The quantitative estimate of drug-likeness (QED) is 0.657. The SMILES string of the molecule is CCOCCOc1ccccc1C(=O)Nc1ccc(N2CC(C)OC(C)C2)c(F)c1. The van der Waals surface area contributed by atoms with Crippen LogP contribution < -0.4 is 15.0 Å². The van der Waals surface area contributed by atoms with Crippen molar-refractivity contribution in [2.75, 3.05) is 43.1 Å². The van der Waals surface area contributed by atoms with Gasteiger partial charge in [-0.1, -0.05) is 12.1 Å². The van der Waals surface area contributed by atoms with Crippen LogP contribution in [0.25, 0.3) is 0 Å². The number of para-hydroxylation sites is 1. The first kappa shape index (κ1) is 22.1. The molecule has 1 N–H and O–H groups in total. The fourth-order valence-electron chi connectivity index (χ4n) is 3.55. The Morgan fingerprint density at radius 3 is 2.60 bits per heavy atom. The summed E-state index contributed by atoms with van der Waals surface area (Å²) in [6.07, 6.45) is 0.0681. The van der Waals surface area contributed by atoms with Crippen LogP contribution in [0.3, 0.4) is 0 Å². The van der Waals surface area contributed by atoms with Gasteiger partial charge < -0.3 is 24.4 Å². The molecule has 6 nitrogen and oxygen atoms in total. The van der Waals surface area contributed by atoms with Crippen molar-refractivity contribution in [3.8, 4) is 5.75 Å². The highest BCUT2D eigenvalue weighted by molar-refractivity contribution is 6.06. The lowest BCUT2D eigenvalue weighted by Gasteiger charge is -2.37. The van der Waals surface area contributed by atoms with Crippen molar-refractivity contribution in [2.24, 2.45) is 0 Å². The smallest absolute Gasteiger partial charge is 0.259 e. The van der Waals surface area contributed by atoms with E-state index in [4.69, 9.17) is 14.2 Å². The number of nitrogens with zero attached hydrogens (tertiary/aromatic N) is 1. The van der Waals surface area contributed by atoms with Gasteiger partial charge >= 0.3 is 0 Å². The number of amides is 1. The van der Waals surface area contributed by atoms with Crippen LogP contribution in [0.5, 0.6) is 5.75 Å². The zero-order chi connectivity index (χ0) is 21.5. The predicted octanol–water partition coefficient (Wildman–Crippen LogP) is 4.11. The summed E-state index contributed by atoms with van der Waals surface area (Å²) >= 11 is 0. The summed E-state index contributed by atoms with van der Waals surface area (Å²) in [6, 6.07) is 11.7. The zero-order valence-electron chi connectivity index (χ0n) is 17.7. The van der Waals surface area contributed by atoms with Gasteiger partial charge in [0, 0.05) is 25.4 Å². The number of halogens is 1. The number of anilines is 2. The molecule has 0 saturated carbocycles. The Bertz CT molecular complexity index is 851. The summed E-state index contributed by atoms with van der Waals surface area (Å²) in [6.45, 7) is 8.50. The molecule has 1 saturated heterocycles. The van der Waals surface area contributed by atoms with Crippen LogP contribution in [-0.2, 0) is 9.47 Å². The molecule has 1 heterocycles. The van der Waals surface area contributed by atoms with Crippen molar-refractivity contribution in [2.45, 2.75) is 33.0 Å². The molecule has 0 spiro atoms. The van der Waals surface area contributed by atoms with Crippen LogP contribution in [0.15, 0.2) is 42.5 Å². The summed E-state index contributed by atoms with van der Waals surface area (Å²) in [4.78, 5) is 14.7. The first-order valence-electron chi connectivity index (χ1n) is 10.3. The molecule has 0 bridgehead atoms. The second-order valence-electron chi connectivity index (χ2n) is 7.32. The Morgan fingerprint density at radius 2 is 1.90 bits per heavy atom. The summed E-state index contributed by atoms with van der Waals surface area (Å²) in [7, 11) is 0. The Balaban J connectivity index is 1.68. The number of hydrogen-bond acceptors (Lipinski definition) is 5. The maximum Gasteiger partial charge on any atom is 0.259 e. The van der Waals surface area contributed by atoms with Crippen LogP contribution in [0.2, 0.25) is 0 Å². The van der Waals surface area contributed by atoms with E-state index in [1.165, 1.54) is 6.07 Å². The van der Waals surface area contributed by atoms with E-state index in [2.05, 4.69) is 5.32 Å². The number of hydrogen-bond donors (Lipinski definition) is 1. The van der Waals surface area contributed by atoms with Crippen LogP contribution in [-0.4, -0.2) is 51.0 Å². The van der Waals surface area contributed by atoms with Crippen molar-refractivity contribution in [1.82, 2.24) is 0 Å². The van der Waals surface area contributed by atoms with Gasteiger partial charge in [0.25, 0.3) is 5.91 Å². The van der Waals surface area contributed by atoms with E-state index in [9.17, 15) is 9.18 Å². The highest BCUT2D eigenvalue weighted by atomic mass is 19.1. The molecule has 2 atom stereocenters. The maximum atomic E-state index is 14.8. The van der Waals surface area contributed by atoms with Crippen molar-refractivity contribution >= 4 is 17.3 Å². The predicted molar refractivity (Wildman–Crippen MR) is 115 cm³/mol. The van der Waals surface area contributed by atoms with E-state index in [1.54, 1.807) is 36.4 Å². The normalized spacial score (nSPS) is 18.9. The van der Waals surface area contributed by atoms with Gasteiger partial charge in [-0.2, -0.15) is 0 Å². The maximum absolute atomic E-state index is 14.8. The number of nitrogens with one attached hydrogen (secondary N) is 1. The number of carbonyl (C=O) groups excluding carboxylic acids is 1. The molecule has 1 aliphatic heterocycles. The lowest BCUT2D eigenvalue weighted by molar-refractivity contribution is -0.00539. The van der Waals surface area contributed by atoms with E-state index < -0.39 is 0 Å². The monoisotopic (exact) mass is 416 g/mol. The third-order valence-corrected chi connectivity index (χ3v) is 4.79. The molecule has 2 unspecified atom stereocenters. The number of ether oxygens (including phenoxy) is 3. The number of carbonyl (C=O) groups is 1. The molecule has 3 rings (SSSR count). The molecular weight excluding hydrogens is 387 g/mol. The van der Waals surface area contributed by atoms with E-state index >= 15 is 0 Å². The molecule has 162 valence electrons. The molecule has 0 radical (unpaired) electrons. The van der Waals surface area contributed by atoms with Gasteiger partial charge in [0.1, 0.15) is 18.2 Å². The van der Waals surface area contributed by atoms with Gasteiger partial charge in [0.15, 0.2) is 0 Å². The minimum absolute atomic E-state index is 0.0340. The highest BCUT2D eigenvalue weighted by Crippen LogP contribution is 2.27. The molecule has 2 aromatic carbocycles. The van der Waals surface area contributed by atoms with Gasteiger partial charge in [-0.25, -0.2) is 4.39 Å². The average Bonchev–Trinajstić information content (AvgIpc) is 2.71. The van der Waals surface area contributed by atoms with Crippen LogP contribution in [0.1, 0.15) is 31.1 Å². The Morgan fingerprint density at radius 1 is 1.17 bits per heavy atom. The van der Waals surface area contributed by atoms with E-state index in [1.807, 2.05) is 25.7 Å². The van der Waals surface area contributed by atoms with E-state index in [0.29, 0.717) is 55.6 Å². The minimum Gasteiger partial charge on any atom is -0.490 e. The molecule has 30 heavy (non-hydrogen) atoms. The van der Waals surface area contributed by atoms with Crippen LogP contribution >= 0.6 is 0 Å². The molecule has 2 aromatic rings. The number of benzene rings is 2. The fourth-order valence-corrected chi connectivity index (χ4v) is 3.55. The van der Waals surface area contributed by atoms with Crippen molar-refractivity contribution in [1.29, 1.82) is 0 Å². The Labute approximate surface area is 176 Å². The Kier molecular flexibility index (Phi) is 7.65. The number of morpholine rings is 1. The van der Waals surface area contributed by atoms with E-state index in [0.717, 1.165) is 0 Å². The fraction of sp³-hybridized carbons (Fsp3) is 0.435. The van der Waals surface area contributed by atoms with Crippen LogP contribution in [0.4, 0.5) is 15.8 Å². The second kappa shape index (κ2) is 10.4. The Hall–Kier alpha value is -2.64. The zero-order valence-corrected chi connectivity index (χ0v) is 17.7. The molecule has 1 amide bonds. The third-order valence-electron chi connectivity index (χ3n) is 4.79. The van der Waals surface area contributed by atoms with Gasteiger partial charge in [-0.05, 0) is 51.1 Å². The average molecular weight is 416 g/mol. The summed E-state index contributed by atoms with van der Waals surface area (Å²) < 4.78 is 31.4. The molecular formula is C23H29FN2O4. The summed E-state index contributed by atoms with van der Waals surface area (Å²) in [5.41, 5.74) is 1.28. The molecule has 0 aromatic heterocycles. The van der Waals surface area contributed by atoms with Crippen molar-refractivity contribution < 1.29 is 23.4 Å². The minimum atomic E-state index is -0.379. The molecule has 0 aliphatic carbocycles. The van der Waals surface area contributed by atoms with E-state index in [-0.39, 0.29) is 23.9 Å². The third kappa shape index (κ3) is 5.70. The molecule has 7 heteroatoms. The first-order valence-corrected chi connectivity index (χ1v) is 10.3. The van der Waals surface area contributed by atoms with Gasteiger partial charge in [0.05, 0.1) is 30.1 Å². The van der Waals surface area contributed by atoms with Gasteiger partial charge in [0.2, 0.25) is 0 Å². The largest absolute Gasteiger partial charge is 0.490 e. The highest BCUT2D eigenvalue weighted by Gasteiger charge is 2.24. The first-order chi connectivity index (χ1) is 14.5. The lowest BCUT2D eigenvalue weighted by atomic mass is 10.1. The van der Waals surface area contributed by atoms with Gasteiger partial charge in [-0.15, -0.1) is 0 Å².